The van der Waals surface area contributed by atoms with E-state index in [0.29, 0.717) is 6.61 Å². The van der Waals surface area contributed by atoms with Gasteiger partial charge in [0.05, 0.1) is 6.61 Å². The van der Waals surface area contributed by atoms with Crippen LogP contribution in [0.3, 0.4) is 0 Å². The van der Waals surface area contributed by atoms with Crippen LogP contribution in [-0.2, 0) is 13.8 Å². The fraction of sp³-hybridized carbons (Fsp3) is 0.667. The molecule has 1 heterocycles. The first-order chi connectivity index (χ1) is 5.70. The maximum Gasteiger partial charge on any atom is 0.350 e. The van der Waals surface area contributed by atoms with Gasteiger partial charge in [-0.25, -0.2) is 9.36 Å². The lowest BCUT2D eigenvalue weighted by atomic mass is 10.8. The third-order valence-electron chi connectivity index (χ3n) is 1.41. The van der Waals surface area contributed by atoms with Crippen molar-refractivity contribution in [3.05, 3.63) is 10.5 Å². The van der Waals surface area contributed by atoms with Gasteiger partial charge < -0.3 is 9.84 Å². The van der Waals surface area contributed by atoms with Crippen LogP contribution in [0.1, 0.15) is 6.92 Å². The first-order valence-corrected chi connectivity index (χ1v) is 3.58. The van der Waals surface area contributed by atoms with Crippen molar-refractivity contribution >= 4 is 0 Å². The van der Waals surface area contributed by atoms with Crippen LogP contribution in [-0.4, -0.2) is 26.1 Å². The number of aliphatic hydroxyl groups excluding tert-OH is 1. The predicted molar refractivity (Wildman–Crippen MR) is 40.9 cm³/mol. The number of hydrogen-bond donors (Lipinski definition) is 1. The van der Waals surface area contributed by atoms with Gasteiger partial charge in [-0.3, -0.25) is 0 Å². The van der Waals surface area contributed by atoms with E-state index in [1.807, 2.05) is 0 Å². The molecule has 0 radical (unpaired) electrons. The number of aromatic nitrogens is 3. The fourth-order valence-corrected chi connectivity index (χ4v) is 0.815. The van der Waals surface area contributed by atoms with Crippen molar-refractivity contribution in [1.82, 2.24) is 14.3 Å². The molecule has 0 atom stereocenters. The SMILES string of the molecule is CCOc1nn(CO)c(=O)n1C. The average molecular weight is 173 g/mol. The number of aliphatic hydroxyl groups is 1. The summed E-state index contributed by atoms with van der Waals surface area (Å²) in [5, 5.41) is 12.4. The van der Waals surface area contributed by atoms with Gasteiger partial charge in [0.25, 0.3) is 0 Å². The molecule has 1 aromatic rings. The predicted octanol–water partition coefficient (Wildman–Crippen LogP) is -1.07. The third-order valence-corrected chi connectivity index (χ3v) is 1.41. The molecule has 0 aliphatic rings. The highest BCUT2D eigenvalue weighted by Crippen LogP contribution is 1.99. The largest absolute Gasteiger partial charge is 0.464 e. The molecule has 12 heavy (non-hydrogen) atoms. The first kappa shape index (κ1) is 8.79. The molecular weight excluding hydrogens is 162 g/mol. The molecule has 1 N–H and O–H groups in total. The zero-order valence-corrected chi connectivity index (χ0v) is 7.02. The van der Waals surface area contributed by atoms with Gasteiger partial charge in [-0.2, -0.15) is 4.68 Å². The second kappa shape index (κ2) is 3.40. The van der Waals surface area contributed by atoms with E-state index < -0.39 is 6.73 Å². The average Bonchev–Trinajstić information content (AvgIpc) is 2.33. The molecule has 0 fully saturated rings. The van der Waals surface area contributed by atoms with E-state index in [0.717, 1.165) is 4.68 Å². The first-order valence-electron chi connectivity index (χ1n) is 3.58. The summed E-state index contributed by atoms with van der Waals surface area (Å²) >= 11 is 0. The molecular formula is C6H11N3O3. The zero-order valence-electron chi connectivity index (χ0n) is 7.02. The van der Waals surface area contributed by atoms with E-state index in [9.17, 15) is 4.79 Å². The zero-order chi connectivity index (χ0) is 9.14. The molecule has 0 bridgehead atoms. The number of rotatable bonds is 3. The Kier molecular flexibility index (Phi) is 2.49. The van der Waals surface area contributed by atoms with E-state index in [1.165, 1.54) is 11.6 Å². The monoisotopic (exact) mass is 173 g/mol. The summed E-state index contributed by atoms with van der Waals surface area (Å²) in [7, 11) is 1.53. The van der Waals surface area contributed by atoms with E-state index in [2.05, 4.69) is 5.10 Å². The fourth-order valence-electron chi connectivity index (χ4n) is 0.815. The summed E-state index contributed by atoms with van der Waals surface area (Å²) in [5.74, 6) is 0. The molecule has 6 nitrogen and oxygen atoms in total. The molecule has 0 aliphatic heterocycles. The van der Waals surface area contributed by atoms with Crippen LogP contribution >= 0.6 is 0 Å². The maximum atomic E-state index is 11.1. The van der Waals surface area contributed by atoms with Crippen LogP contribution in [0.4, 0.5) is 0 Å². The molecule has 0 aliphatic carbocycles. The summed E-state index contributed by atoms with van der Waals surface area (Å²) in [6, 6.07) is 0.219. The lowest BCUT2D eigenvalue weighted by molar-refractivity contribution is 0.187. The van der Waals surface area contributed by atoms with Gasteiger partial charge >= 0.3 is 11.7 Å². The molecule has 0 unspecified atom stereocenters. The van der Waals surface area contributed by atoms with Crippen molar-refractivity contribution < 1.29 is 9.84 Å². The van der Waals surface area contributed by atoms with E-state index >= 15 is 0 Å². The lowest BCUT2D eigenvalue weighted by Gasteiger charge is -1.97. The van der Waals surface area contributed by atoms with Crippen LogP contribution in [0, 0.1) is 0 Å². The van der Waals surface area contributed by atoms with Crippen molar-refractivity contribution in [3.63, 3.8) is 0 Å². The molecule has 0 saturated carbocycles. The Morgan fingerprint density at radius 1 is 1.67 bits per heavy atom. The van der Waals surface area contributed by atoms with Gasteiger partial charge in [0.1, 0.15) is 6.73 Å². The molecule has 0 spiro atoms. The normalized spacial score (nSPS) is 10.2. The van der Waals surface area contributed by atoms with Crippen molar-refractivity contribution in [1.29, 1.82) is 0 Å². The second-order valence-electron chi connectivity index (χ2n) is 2.20. The molecule has 0 aromatic carbocycles. The minimum absolute atomic E-state index is 0.219. The van der Waals surface area contributed by atoms with E-state index in [4.69, 9.17) is 9.84 Å². The molecule has 1 rings (SSSR count). The second-order valence-corrected chi connectivity index (χ2v) is 2.20. The summed E-state index contributed by atoms with van der Waals surface area (Å²) in [4.78, 5) is 11.1. The minimum Gasteiger partial charge on any atom is -0.464 e. The van der Waals surface area contributed by atoms with Crippen LogP contribution in [0.15, 0.2) is 4.79 Å². The smallest absolute Gasteiger partial charge is 0.350 e. The Morgan fingerprint density at radius 3 is 2.75 bits per heavy atom. The van der Waals surface area contributed by atoms with Gasteiger partial charge in [-0.05, 0) is 6.92 Å². The topological polar surface area (TPSA) is 69.3 Å². The molecule has 6 heteroatoms. The number of nitrogens with zero attached hydrogens (tertiary/aromatic N) is 3. The summed E-state index contributed by atoms with van der Waals surface area (Å²) < 4.78 is 7.18. The van der Waals surface area contributed by atoms with Crippen molar-refractivity contribution in [2.24, 2.45) is 7.05 Å². The standard InChI is InChI=1S/C6H11N3O3/c1-3-12-5-7-9(4-10)6(11)8(5)2/h10H,3-4H2,1-2H3. The van der Waals surface area contributed by atoms with Crippen LogP contribution in [0.5, 0.6) is 6.01 Å². The Labute approximate surface area is 69.0 Å². The number of ether oxygens (including phenoxy) is 1. The minimum atomic E-state index is -0.431. The lowest BCUT2D eigenvalue weighted by Crippen LogP contribution is -2.23. The van der Waals surface area contributed by atoms with Crippen molar-refractivity contribution in [2.75, 3.05) is 6.61 Å². The van der Waals surface area contributed by atoms with Crippen molar-refractivity contribution in [3.8, 4) is 6.01 Å². The van der Waals surface area contributed by atoms with E-state index in [-0.39, 0.29) is 11.7 Å². The molecule has 0 saturated heterocycles. The Hall–Kier alpha value is -1.30. The van der Waals surface area contributed by atoms with Gasteiger partial charge in [-0.15, -0.1) is 5.10 Å². The molecule has 0 amide bonds. The van der Waals surface area contributed by atoms with Crippen LogP contribution in [0.25, 0.3) is 0 Å². The summed E-state index contributed by atoms with van der Waals surface area (Å²) in [5.41, 5.74) is -0.388. The summed E-state index contributed by atoms with van der Waals surface area (Å²) in [6.45, 7) is 1.80. The van der Waals surface area contributed by atoms with Gasteiger partial charge in [-0.1, -0.05) is 0 Å². The summed E-state index contributed by atoms with van der Waals surface area (Å²) in [6.07, 6.45) is 0. The van der Waals surface area contributed by atoms with E-state index in [1.54, 1.807) is 6.92 Å². The van der Waals surface area contributed by atoms with Gasteiger partial charge in [0, 0.05) is 7.05 Å². The quantitative estimate of drug-likeness (QED) is 0.632. The Balaban J connectivity index is 3.07. The van der Waals surface area contributed by atoms with Crippen LogP contribution in [0.2, 0.25) is 0 Å². The molecule has 1 aromatic heterocycles. The highest BCUT2D eigenvalue weighted by molar-refractivity contribution is 4.91. The molecule has 68 valence electrons. The maximum absolute atomic E-state index is 11.1. The highest BCUT2D eigenvalue weighted by Gasteiger charge is 2.08. The Morgan fingerprint density at radius 2 is 2.33 bits per heavy atom. The van der Waals surface area contributed by atoms with Crippen LogP contribution < -0.4 is 10.4 Å². The third kappa shape index (κ3) is 1.33. The van der Waals surface area contributed by atoms with Crippen molar-refractivity contribution in [2.45, 2.75) is 13.7 Å². The Bertz CT molecular complexity index is 314. The van der Waals surface area contributed by atoms with Gasteiger partial charge in [0.15, 0.2) is 0 Å². The highest BCUT2D eigenvalue weighted by atomic mass is 16.5. The number of hydrogen-bond acceptors (Lipinski definition) is 4. The van der Waals surface area contributed by atoms with Gasteiger partial charge in [0.2, 0.25) is 0 Å².